The summed E-state index contributed by atoms with van der Waals surface area (Å²) in [5.41, 5.74) is 2.77. The van der Waals surface area contributed by atoms with Gasteiger partial charge in [0, 0.05) is 6.04 Å². The van der Waals surface area contributed by atoms with E-state index in [4.69, 9.17) is 0 Å². The third kappa shape index (κ3) is 3.74. The number of aromatic hydroxyl groups is 1. The van der Waals surface area contributed by atoms with Crippen LogP contribution in [0.25, 0.3) is 0 Å². The van der Waals surface area contributed by atoms with Gasteiger partial charge < -0.3 is 10.0 Å². The Morgan fingerprint density at radius 3 is 2.75 bits per heavy atom. The highest BCUT2D eigenvalue weighted by Crippen LogP contribution is 2.36. The lowest BCUT2D eigenvalue weighted by molar-refractivity contribution is 0.179. The van der Waals surface area contributed by atoms with Crippen LogP contribution in [0.3, 0.4) is 0 Å². The summed E-state index contributed by atoms with van der Waals surface area (Å²) in [6.07, 6.45) is 4.83. The highest BCUT2D eigenvalue weighted by molar-refractivity contribution is 5.38. The summed E-state index contributed by atoms with van der Waals surface area (Å²) in [6.45, 7) is 5.59. The summed E-state index contributed by atoms with van der Waals surface area (Å²) >= 11 is 0. The molecule has 0 bridgehead atoms. The monoisotopic (exact) mass is 276 g/mol. The van der Waals surface area contributed by atoms with Crippen molar-refractivity contribution in [1.82, 2.24) is 9.80 Å². The summed E-state index contributed by atoms with van der Waals surface area (Å²) in [5.74, 6) is 0.403. The Morgan fingerprint density at radius 2 is 2.05 bits per heavy atom. The second kappa shape index (κ2) is 7.09. The number of nitrogens with zero attached hydrogens (tertiary/aromatic N) is 2. The lowest BCUT2D eigenvalue weighted by atomic mass is 9.86. The van der Waals surface area contributed by atoms with E-state index in [1.54, 1.807) is 0 Å². The Bertz CT molecular complexity index is 431. The molecule has 20 heavy (non-hydrogen) atoms. The third-order valence-electron chi connectivity index (χ3n) is 4.31. The van der Waals surface area contributed by atoms with Gasteiger partial charge in [0.1, 0.15) is 5.75 Å². The van der Waals surface area contributed by atoms with Crippen LogP contribution in [0.1, 0.15) is 43.4 Å². The van der Waals surface area contributed by atoms with Crippen LogP contribution < -0.4 is 0 Å². The van der Waals surface area contributed by atoms with Gasteiger partial charge in [-0.3, -0.25) is 4.90 Å². The van der Waals surface area contributed by atoms with Crippen LogP contribution in [0.15, 0.2) is 18.2 Å². The molecule has 1 aliphatic rings. The van der Waals surface area contributed by atoms with Gasteiger partial charge in [-0.05, 0) is 82.7 Å². The molecular formula is C17H28N2O. The van der Waals surface area contributed by atoms with Crippen molar-refractivity contribution in [1.29, 1.82) is 0 Å². The molecule has 112 valence electrons. The quantitative estimate of drug-likeness (QED) is 0.865. The maximum atomic E-state index is 9.78. The zero-order valence-corrected chi connectivity index (χ0v) is 13.1. The summed E-state index contributed by atoms with van der Waals surface area (Å²) in [7, 11) is 4.26. The largest absolute Gasteiger partial charge is 0.508 e. The molecule has 0 saturated heterocycles. The van der Waals surface area contributed by atoms with Gasteiger partial charge >= 0.3 is 0 Å². The molecule has 2 rings (SSSR count). The Labute approximate surface area is 123 Å². The molecule has 0 saturated carbocycles. The van der Waals surface area contributed by atoms with Crippen LogP contribution in [0, 0.1) is 0 Å². The van der Waals surface area contributed by atoms with Gasteiger partial charge in [0.05, 0.1) is 0 Å². The van der Waals surface area contributed by atoms with Crippen LogP contribution in [-0.4, -0.2) is 48.6 Å². The summed E-state index contributed by atoms with van der Waals surface area (Å²) in [5, 5.41) is 9.78. The average molecular weight is 276 g/mol. The van der Waals surface area contributed by atoms with Crippen LogP contribution in [0.2, 0.25) is 0 Å². The SMILES string of the molecule is CCN(CCCN(C)C)C1CCCc2ccc(O)cc21. The highest BCUT2D eigenvalue weighted by Gasteiger charge is 2.25. The van der Waals surface area contributed by atoms with Crippen molar-refractivity contribution in [3.05, 3.63) is 29.3 Å². The zero-order valence-electron chi connectivity index (χ0n) is 13.1. The molecule has 0 heterocycles. The van der Waals surface area contributed by atoms with Gasteiger partial charge in [0.2, 0.25) is 0 Å². The summed E-state index contributed by atoms with van der Waals surface area (Å²) in [4.78, 5) is 4.81. The molecule has 3 heteroatoms. The number of rotatable bonds is 6. The van der Waals surface area contributed by atoms with E-state index in [0.717, 1.165) is 26.1 Å². The molecule has 0 aliphatic heterocycles. The van der Waals surface area contributed by atoms with Crippen molar-refractivity contribution in [3.63, 3.8) is 0 Å². The lowest BCUT2D eigenvalue weighted by Gasteiger charge is -2.35. The van der Waals surface area contributed by atoms with Gasteiger partial charge in [0.15, 0.2) is 0 Å². The Hall–Kier alpha value is -1.06. The van der Waals surface area contributed by atoms with Crippen molar-refractivity contribution in [2.75, 3.05) is 33.7 Å². The predicted octanol–water partition coefficient (Wildman–Crippen LogP) is 3.04. The minimum Gasteiger partial charge on any atom is -0.508 e. The summed E-state index contributed by atoms with van der Waals surface area (Å²) in [6, 6.07) is 6.39. The van der Waals surface area contributed by atoms with E-state index in [2.05, 4.69) is 36.9 Å². The Morgan fingerprint density at radius 1 is 1.25 bits per heavy atom. The van der Waals surface area contributed by atoms with Crippen molar-refractivity contribution in [3.8, 4) is 5.75 Å². The molecule has 3 nitrogen and oxygen atoms in total. The fourth-order valence-corrected chi connectivity index (χ4v) is 3.27. The smallest absolute Gasteiger partial charge is 0.115 e. The van der Waals surface area contributed by atoms with Gasteiger partial charge in [-0.25, -0.2) is 0 Å². The van der Waals surface area contributed by atoms with E-state index in [1.165, 1.54) is 30.4 Å². The second-order valence-electron chi connectivity index (χ2n) is 6.08. The predicted molar refractivity (Wildman–Crippen MR) is 84.2 cm³/mol. The minimum atomic E-state index is 0.403. The molecule has 0 amide bonds. The van der Waals surface area contributed by atoms with E-state index in [0.29, 0.717) is 11.8 Å². The summed E-state index contributed by atoms with van der Waals surface area (Å²) < 4.78 is 0. The van der Waals surface area contributed by atoms with Crippen molar-refractivity contribution >= 4 is 0 Å². The molecule has 1 aromatic carbocycles. The number of benzene rings is 1. The zero-order chi connectivity index (χ0) is 14.5. The standard InChI is InChI=1S/C17H28N2O/c1-4-19(12-6-11-18(2)3)17-8-5-7-14-9-10-15(20)13-16(14)17/h9-10,13,17,20H,4-8,11-12H2,1-3H3. The van der Waals surface area contributed by atoms with E-state index in [9.17, 15) is 5.11 Å². The maximum absolute atomic E-state index is 9.78. The van der Waals surface area contributed by atoms with E-state index >= 15 is 0 Å². The minimum absolute atomic E-state index is 0.403. The molecule has 1 aromatic rings. The topological polar surface area (TPSA) is 26.7 Å². The average Bonchev–Trinajstić information content (AvgIpc) is 2.43. The number of phenolic OH excluding ortho intramolecular Hbond substituents is 1. The molecular weight excluding hydrogens is 248 g/mol. The molecule has 1 N–H and O–H groups in total. The molecule has 1 atom stereocenters. The van der Waals surface area contributed by atoms with E-state index in [-0.39, 0.29) is 0 Å². The van der Waals surface area contributed by atoms with Crippen molar-refractivity contribution in [2.45, 2.75) is 38.6 Å². The number of hydrogen-bond acceptors (Lipinski definition) is 3. The molecule has 0 spiro atoms. The molecule has 0 radical (unpaired) electrons. The molecule has 1 aliphatic carbocycles. The fraction of sp³-hybridized carbons (Fsp3) is 0.647. The molecule has 1 unspecified atom stereocenters. The number of hydrogen-bond donors (Lipinski definition) is 1. The Kier molecular flexibility index (Phi) is 5.44. The first-order chi connectivity index (χ1) is 9.61. The first-order valence-corrected chi connectivity index (χ1v) is 7.82. The fourth-order valence-electron chi connectivity index (χ4n) is 3.27. The highest BCUT2D eigenvalue weighted by atomic mass is 16.3. The van der Waals surface area contributed by atoms with Crippen molar-refractivity contribution in [2.24, 2.45) is 0 Å². The van der Waals surface area contributed by atoms with Gasteiger partial charge in [-0.2, -0.15) is 0 Å². The molecule has 0 fully saturated rings. The van der Waals surface area contributed by atoms with Gasteiger partial charge in [-0.15, -0.1) is 0 Å². The first-order valence-electron chi connectivity index (χ1n) is 7.82. The van der Waals surface area contributed by atoms with Crippen LogP contribution in [0.4, 0.5) is 0 Å². The maximum Gasteiger partial charge on any atom is 0.115 e. The number of aryl methyl sites for hydroxylation is 1. The van der Waals surface area contributed by atoms with E-state index < -0.39 is 0 Å². The van der Waals surface area contributed by atoms with Crippen LogP contribution >= 0.6 is 0 Å². The molecule has 0 aromatic heterocycles. The number of phenols is 1. The second-order valence-corrected chi connectivity index (χ2v) is 6.08. The number of fused-ring (bicyclic) bond motifs is 1. The van der Waals surface area contributed by atoms with Crippen LogP contribution in [-0.2, 0) is 6.42 Å². The normalized spacial score (nSPS) is 18.6. The van der Waals surface area contributed by atoms with Gasteiger partial charge in [-0.1, -0.05) is 13.0 Å². The van der Waals surface area contributed by atoms with Crippen LogP contribution in [0.5, 0.6) is 5.75 Å². The third-order valence-corrected chi connectivity index (χ3v) is 4.31. The Balaban J connectivity index is 2.09. The first kappa shape index (κ1) is 15.3. The van der Waals surface area contributed by atoms with Gasteiger partial charge in [0.25, 0.3) is 0 Å². The van der Waals surface area contributed by atoms with E-state index in [1.807, 2.05) is 12.1 Å². The lowest BCUT2D eigenvalue weighted by Crippen LogP contribution is -2.33. The van der Waals surface area contributed by atoms with Crippen molar-refractivity contribution < 1.29 is 5.11 Å².